The molecule has 0 saturated carbocycles. The van der Waals surface area contributed by atoms with E-state index in [-0.39, 0.29) is 0 Å². The van der Waals surface area contributed by atoms with Crippen LogP contribution in [0.1, 0.15) is 20.8 Å². The molecule has 17 heavy (non-hydrogen) atoms. The van der Waals surface area contributed by atoms with E-state index < -0.39 is 0 Å². The van der Waals surface area contributed by atoms with Crippen molar-refractivity contribution < 1.29 is 0 Å². The first-order chi connectivity index (χ1) is 8.02. The van der Waals surface area contributed by atoms with Crippen LogP contribution in [-0.2, 0) is 0 Å². The van der Waals surface area contributed by atoms with Gasteiger partial charge in [-0.2, -0.15) is 0 Å². The lowest BCUT2D eigenvalue weighted by Crippen LogP contribution is -2.33. The Morgan fingerprint density at radius 2 is 2.00 bits per heavy atom. The molecule has 0 aliphatic heterocycles. The quantitative estimate of drug-likeness (QED) is 0.848. The molecular formula is C13H19N3S. The second-order valence-electron chi connectivity index (χ2n) is 4.79. The predicted molar refractivity (Wildman–Crippen MR) is 76.7 cm³/mol. The van der Waals surface area contributed by atoms with Crippen molar-refractivity contribution >= 4 is 32.9 Å². The summed E-state index contributed by atoms with van der Waals surface area (Å²) in [4.78, 5) is 6.57. The van der Waals surface area contributed by atoms with Crippen LogP contribution in [0.4, 0.5) is 11.4 Å². The Hall–Kier alpha value is -1.29. The number of anilines is 2. The van der Waals surface area contributed by atoms with E-state index in [0.29, 0.717) is 12.0 Å². The smallest absolute Gasteiger partial charge is 0.106 e. The molecule has 0 bridgehead atoms. The van der Waals surface area contributed by atoms with E-state index in [2.05, 4.69) is 49.8 Å². The lowest BCUT2D eigenvalue weighted by molar-refractivity contribution is 0.506. The van der Waals surface area contributed by atoms with Gasteiger partial charge < -0.3 is 10.6 Å². The molecule has 1 heterocycles. The Kier molecular flexibility index (Phi) is 3.24. The molecule has 2 rings (SSSR count). The van der Waals surface area contributed by atoms with Crippen LogP contribution < -0.4 is 10.6 Å². The molecule has 92 valence electrons. The minimum absolute atomic E-state index is 0.452. The fourth-order valence-corrected chi connectivity index (χ4v) is 2.61. The van der Waals surface area contributed by atoms with Crippen molar-refractivity contribution in [3.05, 3.63) is 17.6 Å². The fraction of sp³-hybridized carbons (Fsp3) is 0.462. The summed E-state index contributed by atoms with van der Waals surface area (Å²) >= 11 is 1.63. The molecule has 0 aliphatic rings. The summed E-state index contributed by atoms with van der Waals surface area (Å²) in [6.07, 6.45) is 0. The minimum atomic E-state index is 0.452. The number of aromatic nitrogens is 1. The van der Waals surface area contributed by atoms with Gasteiger partial charge in [0.05, 0.1) is 21.6 Å². The highest BCUT2D eigenvalue weighted by Gasteiger charge is 2.17. The first-order valence-electron chi connectivity index (χ1n) is 5.87. The van der Waals surface area contributed by atoms with Gasteiger partial charge in [0, 0.05) is 13.1 Å². The van der Waals surface area contributed by atoms with Gasteiger partial charge in [-0.15, -0.1) is 11.3 Å². The number of hydrogen-bond acceptors (Lipinski definition) is 4. The Bertz CT molecular complexity index is 518. The molecule has 1 aromatic heterocycles. The van der Waals surface area contributed by atoms with E-state index in [4.69, 9.17) is 5.73 Å². The lowest BCUT2D eigenvalue weighted by Gasteiger charge is -2.30. The zero-order valence-electron chi connectivity index (χ0n) is 10.8. The van der Waals surface area contributed by atoms with Gasteiger partial charge in [0.2, 0.25) is 0 Å². The van der Waals surface area contributed by atoms with Gasteiger partial charge in [0.1, 0.15) is 5.52 Å². The summed E-state index contributed by atoms with van der Waals surface area (Å²) < 4.78 is 1.15. The highest BCUT2D eigenvalue weighted by Crippen LogP contribution is 2.33. The topological polar surface area (TPSA) is 42.2 Å². The number of nitrogens with two attached hydrogens (primary N) is 1. The van der Waals surface area contributed by atoms with E-state index in [1.165, 1.54) is 0 Å². The van der Waals surface area contributed by atoms with Crippen LogP contribution in [-0.4, -0.2) is 18.1 Å². The summed E-state index contributed by atoms with van der Waals surface area (Å²) in [7, 11) is 2.09. The van der Waals surface area contributed by atoms with Crippen molar-refractivity contribution in [2.75, 3.05) is 17.7 Å². The number of rotatable bonds is 3. The van der Waals surface area contributed by atoms with E-state index in [0.717, 1.165) is 21.6 Å². The summed E-state index contributed by atoms with van der Waals surface area (Å²) in [5.74, 6) is 0.588. The van der Waals surface area contributed by atoms with Crippen molar-refractivity contribution in [1.82, 2.24) is 4.98 Å². The number of hydrogen-bond donors (Lipinski definition) is 1. The monoisotopic (exact) mass is 249 g/mol. The first kappa shape index (κ1) is 12.2. The summed E-state index contributed by atoms with van der Waals surface area (Å²) in [5, 5.41) is 0. The van der Waals surface area contributed by atoms with E-state index >= 15 is 0 Å². The molecule has 1 unspecified atom stereocenters. The normalized spacial score (nSPS) is 13.2. The number of nitrogens with zero attached hydrogens (tertiary/aromatic N) is 2. The highest BCUT2D eigenvalue weighted by molar-refractivity contribution is 7.16. The standard InChI is InChI=1S/C13H19N3S/c1-8(2)9(3)16(4)10-5-6-11-13(12(10)14)15-7-17-11/h5-9H,14H2,1-4H3. The Morgan fingerprint density at radius 1 is 1.29 bits per heavy atom. The molecule has 2 N–H and O–H groups in total. The molecule has 4 heteroatoms. The maximum absolute atomic E-state index is 6.20. The lowest BCUT2D eigenvalue weighted by atomic mass is 10.0. The van der Waals surface area contributed by atoms with E-state index in [1.54, 1.807) is 11.3 Å². The minimum Gasteiger partial charge on any atom is -0.395 e. The molecule has 0 spiro atoms. The van der Waals surface area contributed by atoms with Crippen LogP contribution in [0.3, 0.4) is 0 Å². The van der Waals surface area contributed by atoms with Crippen LogP contribution in [0.25, 0.3) is 10.2 Å². The molecular weight excluding hydrogens is 230 g/mol. The highest BCUT2D eigenvalue weighted by atomic mass is 32.1. The Labute approximate surface area is 106 Å². The SMILES string of the molecule is CC(C)C(C)N(C)c1ccc2scnc2c1N. The van der Waals surface area contributed by atoms with Crippen LogP contribution in [0, 0.1) is 5.92 Å². The summed E-state index contributed by atoms with van der Waals surface area (Å²) in [6.45, 7) is 6.66. The zero-order chi connectivity index (χ0) is 12.6. The molecule has 1 aromatic carbocycles. The van der Waals surface area contributed by atoms with Gasteiger partial charge in [-0.25, -0.2) is 4.98 Å². The fourth-order valence-electron chi connectivity index (χ4n) is 1.92. The van der Waals surface area contributed by atoms with Crippen molar-refractivity contribution in [3.8, 4) is 0 Å². The number of thiazole rings is 1. The third-order valence-corrected chi connectivity index (χ3v) is 4.27. The number of benzene rings is 1. The average Bonchev–Trinajstić information content (AvgIpc) is 2.76. The predicted octanol–water partition coefficient (Wildman–Crippen LogP) is 3.36. The van der Waals surface area contributed by atoms with Gasteiger partial charge in [0.25, 0.3) is 0 Å². The Balaban J connectivity index is 2.44. The van der Waals surface area contributed by atoms with Gasteiger partial charge in [-0.3, -0.25) is 0 Å². The van der Waals surface area contributed by atoms with Crippen molar-refractivity contribution in [2.45, 2.75) is 26.8 Å². The van der Waals surface area contributed by atoms with Crippen LogP contribution in [0.5, 0.6) is 0 Å². The first-order valence-corrected chi connectivity index (χ1v) is 6.75. The van der Waals surface area contributed by atoms with Gasteiger partial charge in [-0.05, 0) is 25.0 Å². The van der Waals surface area contributed by atoms with E-state index in [1.807, 2.05) is 5.51 Å². The van der Waals surface area contributed by atoms with Crippen LogP contribution in [0.15, 0.2) is 17.6 Å². The molecule has 0 radical (unpaired) electrons. The molecule has 0 saturated heterocycles. The van der Waals surface area contributed by atoms with Crippen molar-refractivity contribution in [2.24, 2.45) is 5.92 Å². The van der Waals surface area contributed by atoms with Crippen LogP contribution in [0.2, 0.25) is 0 Å². The molecule has 0 amide bonds. The van der Waals surface area contributed by atoms with Gasteiger partial charge in [-0.1, -0.05) is 13.8 Å². The number of nitrogen functional groups attached to an aromatic ring is 1. The molecule has 2 aromatic rings. The van der Waals surface area contributed by atoms with Crippen LogP contribution >= 0.6 is 11.3 Å². The van der Waals surface area contributed by atoms with Crippen molar-refractivity contribution in [1.29, 1.82) is 0 Å². The largest absolute Gasteiger partial charge is 0.395 e. The molecule has 0 fully saturated rings. The van der Waals surface area contributed by atoms with E-state index in [9.17, 15) is 0 Å². The maximum Gasteiger partial charge on any atom is 0.106 e. The second-order valence-corrected chi connectivity index (χ2v) is 5.68. The molecule has 1 atom stereocenters. The summed E-state index contributed by atoms with van der Waals surface area (Å²) in [5.41, 5.74) is 10.8. The average molecular weight is 249 g/mol. The Morgan fingerprint density at radius 3 is 2.65 bits per heavy atom. The maximum atomic E-state index is 6.20. The number of fused-ring (bicyclic) bond motifs is 1. The molecule has 0 aliphatic carbocycles. The third kappa shape index (κ3) is 2.09. The molecule has 3 nitrogen and oxygen atoms in total. The second kappa shape index (κ2) is 4.53. The third-order valence-electron chi connectivity index (χ3n) is 3.47. The zero-order valence-corrected chi connectivity index (χ0v) is 11.6. The van der Waals surface area contributed by atoms with Crippen molar-refractivity contribution in [3.63, 3.8) is 0 Å². The summed E-state index contributed by atoms with van der Waals surface area (Å²) in [6, 6.07) is 4.64. The van der Waals surface area contributed by atoms with Gasteiger partial charge in [0.15, 0.2) is 0 Å². The van der Waals surface area contributed by atoms with Gasteiger partial charge >= 0.3 is 0 Å².